The Kier molecular flexibility index (Phi) is 5.48. The molecule has 3 rings (SSSR count). The smallest absolute Gasteiger partial charge is 0.209 e. The zero-order valence-electron chi connectivity index (χ0n) is 13.4. The number of amides is 1. The molecule has 1 aliphatic heterocycles. The van der Waals surface area contributed by atoms with Crippen LogP contribution in [0.2, 0.25) is 5.02 Å². The average molecular weight is 346 g/mol. The minimum Gasteiger partial charge on any atom is -0.370 e. The normalized spacial score (nSPS) is 14.5. The zero-order valence-corrected chi connectivity index (χ0v) is 14.1. The first-order chi connectivity index (χ1) is 11.7. The van der Waals surface area contributed by atoms with E-state index in [4.69, 9.17) is 11.6 Å². The van der Waals surface area contributed by atoms with Crippen LogP contribution in [-0.4, -0.2) is 54.0 Å². The maximum Gasteiger partial charge on any atom is 0.209 e. The molecule has 126 valence electrons. The lowest BCUT2D eigenvalue weighted by Gasteiger charge is -2.33. The molecule has 1 aliphatic rings. The van der Waals surface area contributed by atoms with Gasteiger partial charge in [-0.3, -0.25) is 4.79 Å². The van der Waals surface area contributed by atoms with Crippen LogP contribution in [0, 0.1) is 0 Å². The topological polar surface area (TPSA) is 61.4 Å². The van der Waals surface area contributed by atoms with Gasteiger partial charge in [-0.2, -0.15) is 0 Å². The van der Waals surface area contributed by atoms with Crippen molar-refractivity contribution in [2.45, 2.75) is 6.42 Å². The van der Waals surface area contributed by atoms with Crippen molar-refractivity contribution in [2.24, 2.45) is 0 Å². The van der Waals surface area contributed by atoms with Gasteiger partial charge in [0.2, 0.25) is 6.41 Å². The molecular formula is C17H20ClN5O. The van der Waals surface area contributed by atoms with Crippen LogP contribution in [0.25, 0.3) is 0 Å². The number of hydrogen-bond acceptors (Lipinski definition) is 5. The molecule has 0 atom stereocenters. The van der Waals surface area contributed by atoms with Crippen LogP contribution >= 0.6 is 11.6 Å². The van der Waals surface area contributed by atoms with E-state index in [0.29, 0.717) is 0 Å². The maximum atomic E-state index is 10.8. The Hall–Kier alpha value is -2.34. The van der Waals surface area contributed by atoms with Crippen molar-refractivity contribution in [3.05, 3.63) is 47.2 Å². The van der Waals surface area contributed by atoms with Crippen molar-refractivity contribution in [3.8, 4) is 0 Å². The van der Waals surface area contributed by atoms with Gasteiger partial charge < -0.3 is 15.1 Å². The highest BCUT2D eigenvalue weighted by Gasteiger charge is 2.16. The van der Waals surface area contributed by atoms with Crippen LogP contribution in [0.4, 0.5) is 11.6 Å². The molecule has 1 N–H and O–H groups in total. The number of halogens is 1. The number of carbonyl (C=O) groups is 1. The number of nitrogens with one attached hydrogen (secondary N) is 1. The summed E-state index contributed by atoms with van der Waals surface area (Å²) in [6, 6.07) is 9.82. The lowest BCUT2D eigenvalue weighted by atomic mass is 10.1. The van der Waals surface area contributed by atoms with Crippen molar-refractivity contribution >= 4 is 29.6 Å². The first-order valence-electron chi connectivity index (χ1n) is 7.99. The van der Waals surface area contributed by atoms with E-state index in [2.05, 4.69) is 26.3 Å². The van der Waals surface area contributed by atoms with E-state index in [1.165, 1.54) is 5.56 Å². The third-order valence-electron chi connectivity index (χ3n) is 4.05. The van der Waals surface area contributed by atoms with Crippen molar-refractivity contribution in [3.63, 3.8) is 0 Å². The summed E-state index contributed by atoms with van der Waals surface area (Å²) < 4.78 is 0. The minimum atomic E-state index is 0.727. The number of nitrogens with zero attached hydrogens (tertiary/aromatic N) is 4. The third-order valence-corrected chi connectivity index (χ3v) is 4.28. The summed E-state index contributed by atoms with van der Waals surface area (Å²) in [5.41, 5.74) is 1.19. The van der Waals surface area contributed by atoms with Crippen LogP contribution in [-0.2, 0) is 11.2 Å². The highest BCUT2D eigenvalue weighted by molar-refractivity contribution is 6.30. The second-order valence-corrected chi connectivity index (χ2v) is 6.13. The van der Waals surface area contributed by atoms with Crippen LogP contribution in [0.3, 0.4) is 0 Å². The van der Waals surface area contributed by atoms with E-state index < -0.39 is 0 Å². The Morgan fingerprint density at radius 2 is 2.00 bits per heavy atom. The largest absolute Gasteiger partial charge is 0.370 e. The first kappa shape index (κ1) is 16.5. The predicted octanol–water partition coefficient (Wildman–Crippen LogP) is 2.06. The number of piperazine rings is 1. The molecule has 1 saturated heterocycles. The van der Waals surface area contributed by atoms with Gasteiger partial charge in [0, 0.05) is 43.8 Å². The van der Waals surface area contributed by atoms with E-state index in [1.807, 2.05) is 24.3 Å². The second kappa shape index (κ2) is 7.97. The number of benzene rings is 1. The molecule has 0 spiro atoms. The van der Waals surface area contributed by atoms with Crippen molar-refractivity contribution in [2.75, 3.05) is 42.9 Å². The molecule has 6 nitrogen and oxygen atoms in total. The SMILES string of the molecule is O=CN1CCN(c2cc(NCCc3cccc(Cl)c3)ncn2)CC1. The Balaban J connectivity index is 1.54. The molecule has 0 aliphatic carbocycles. The summed E-state index contributed by atoms with van der Waals surface area (Å²) >= 11 is 6.00. The first-order valence-corrected chi connectivity index (χ1v) is 8.37. The minimum absolute atomic E-state index is 0.727. The Bertz CT molecular complexity index is 688. The lowest BCUT2D eigenvalue weighted by Crippen LogP contribution is -2.46. The van der Waals surface area contributed by atoms with Gasteiger partial charge in [0.1, 0.15) is 18.0 Å². The van der Waals surface area contributed by atoms with E-state index in [9.17, 15) is 4.79 Å². The highest BCUT2D eigenvalue weighted by Crippen LogP contribution is 2.16. The number of carbonyl (C=O) groups excluding carboxylic acids is 1. The Morgan fingerprint density at radius 3 is 2.75 bits per heavy atom. The molecule has 0 saturated carbocycles. The third kappa shape index (κ3) is 4.35. The summed E-state index contributed by atoms with van der Waals surface area (Å²) in [6.07, 6.45) is 3.35. The van der Waals surface area contributed by atoms with E-state index >= 15 is 0 Å². The summed E-state index contributed by atoms with van der Waals surface area (Å²) in [6.45, 7) is 3.81. The van der Waals surface area contributed by atoms with Gasteiger partial charge in [-0.1, -0.05) is 23.7 Å². The quantitative estimate of drug-likeness (QED) is 0.812. The van der Waals surface area contributed by atoms with Gasteiger partial charge in [0.05, 0.1) is 0 Å². The molecule has 2 heterocycles. The average Bonchev–Trinajstić information content (AvgIpc) is 2.62. The van der Waals surface area contributed by atoms with E-state index in [-0.39, 0.29) is 0 Å². The Morgan fingerprint density at radius 1 is 1.17 bits per heavy atom. The summed E-state index contributed by atoms with van der Waals surface area (Å²) in [5.74, 6) is 1.70. The number of anilines is 2. The second-order valence-electron chi connectivity index (χ2n) is 5.70. The standard InChI is InChI=1S/C17H20ClN5O/c18-15-3-1-2-14(10-15)4-5-19-16-11-17(21-12-20-16)23-8-6-22(13-24)7-9-23/h1-3,10-13H,4-9H2,(H,19,20,21). The highest BCUT2D eigenvalue weighted by atomic mass is 35.5. The van der Waals surface area contributed by atoms with Gasteiger partial charge in [0.25, 0.3) is 0 Å². The molecule has 0 bridgehead atoms. The van der Waals surface area contributed by atoms with Gasteiger partial charge in [-0.05, 0) is 24.1 Å². The molecule has 0 radical (unpaired) electrons. The fourth-order valence-corrected chi connectivity index (χ4v) is 2.91. The van der Waals surface area contributed by atoms with Gasteiger partial charge in [-0.15, -0.1) is 0 Å². The number of hydrogen-bond donors (Lipinski definition) is 1. The molecule has 2 aromatic rings. The molecule has 7 heteroatoms. The fraction of sp³-hybridized carbons (Fsp3) is 0.353. The Labute approximate surface area is 146 Å². The maximum absolute atomic E-state index is 10.8. The van der Waals surface area contributed by atoms with E-state index in [1.54, 1.807) is 11.2 Å². The van der Waals surface area contributed by atoms with E-state index in [0.717, 1.165) is 62.2 Å². The van der Waals surface area contributed by atoms with Gasteiger partial charge >= 0.3 is 0 Å². The monoisotopic (exact) mass is 345 g/mol. The van der Waals surface area contributed by atoms with Crippen molar-refractivity contribution in [1.29, 1.82) is 0 Å². The van der Waals surface area contributed by atoms with Crippen LogP contribution in [0.1, 0.15) is 5.56 Å². The molecule has 24 heavy (non-hydrogen) atoms. The zero-order chi connectivity index (χ0) is 16.8. The number of aromatic nitrogens is 2. The van der Waals surface area contributed by atoms with Crippen LogP contribution in [0.5, 0.6) is 0 Å². The van der Waals surface area contributed by atoms with Gasteiger partial charge in [-0.25, -0.2) is 9.97 Å². The molecule has 1 aromatic heterocycles. The summed E-state index contributed by atoms with van der Waals surface area (Å²) in [4.78, 5) is 23.3. The van der Waals surface area contributed by atoms with Gasteiger partial charge in [0.15, 0.2) is 0 Å². The van der Waals surface area contributed by atoms with Crippen LogP contribution < -0.4 is 10.2 Å². The molecule has 1 aromatic carbocycles. The fourth-order valence-electron chi connectivity index (χ4n) is 2.70. The molecule has 1 amide bonds. The van der Waals surface area contributed by atoms with Crippen molar-refractivity contribution in [1.82, 2.24) is 14.9 Å². The predicted molar refractivity (Wildman–Crippen MR) is 95.5 cm³/mol. The number of rotatable bonds is 6. The summed E-state index contributed by atoms with van der Waals surface area (Å²) in [5, 5.41) is 4.08. The molecule has 1 fully saturated rings. The van der Waals surface area contributed by atoms with Crippen molar-refractivity contribution < 1.29 is 4.79 Å². The molecule has 0 unspecified atom stereocenters. The molecular weight excluding hydrogens is 326 g/mol. The lowest BCUT2D eigenvalue weighted by molar-refractivity contribution is -0.118. The van der Waals surface area contributed by atoms with Crippen LogP contribution in [0.15, 0.2) is 36.7 Å². The summed E-state index contributed by atoms with van der Waals surface area (Å²) in [7, 11) is 0.